The smallest absolute Gasteiger partial charge is 0.322 e. The van der Waals surface area contributed by atoms with Gasteiger partial charge in [-0.3, -0.25) is 9.59 Å². The van der Waals surface area contributed by atoms with E-state index in [-0.39, 0.29) is 12.5 Å². The molecule has 5 nitrogen and oxygen atoms in total. The van der Waals surface area contributed by atoms with Crippen molar-refractivity contribution < 1.29 is 14.7 Å². The van der Waals surface area contributed by atoms with Gasteiger partial charge in [0.15, 0.2) is 0 Å². The van der Waals surface area contributed by atoms with Crippen molar-refractivity contribution in [3.05, 3.63) is 0 Å². The fourth-order valence-corrected chi connectivity index (χ4v) is 1.37. The van der Waals surface area contributed by atoms with Crippen molar-refractivity contribution in [3.63, 3.8) is 0 Å². The molecular formula is C8H14N2O3. The first-order valence-corrected chi connectivity index (χ1v) is 4.37. The summed E-state index contributed by atoms with van der Waals surface area (Å²) in [5, 5.41) is 8.54. The molecule has 0 aliphatic carbocycles. The number of likely N-dealkylation sites (tertiary alicyclic amines) is 1. The molecule has 0 saturated carbocycles. The van der Waals surface area contributed by atoms with Crippen LogP contribution in [-0.2, 0) is 9.59 Å². The number of carbonyl (C=O) groups is 2. The zero-order valence-electron chi connectivity index (χ0n) is 7.40. The number of amides is 1. The molecular weight excluding hydrogens is 172 g/mol. The number of rotatable bonds is 3. The Balaban J connectivity index is 2.42. The number of hydrogen-bond donors (Lipinski definition) is 2. The van der Waals surface area contributed by atoms with E-state index in [0.717, 1.165) is 12.8 Å². The van der Waals surface area contributed by atoms with Crippen molar-refractivity contribution in [1.82, 2.24) is 4.90 Å². The molecule has 1 unspecified atom stereocenters. The number of hydrogen-bond acceptors (Lipinski definition) is 3. The monoisotopic (exact) mass is 186 g/mol. The molecule has 5 heteroatoms. The van der Waals surface area contributed by atoms with Gasteiger partial charge in [-0.1, -0.05) is 0 Å². The van der Waals surface area contributed by atoms with Gasteiger partial charge in [0.2, 0.25) is 5.91 Å². The van der Waals surface area contributed by atoms with Crippen molar-refractivity contribution in [2.45, 2.75) is 25.3 Å². The normalized spacial score (nSPS) is 20.1. The zero-order chi connectivity index (χ0) is 9.84. The quantitative estimate of drug-likeness (QED) is 0.617. The maximum absolute atomic E-state index is 11.2. The molecule has 1 saturated heterocycles. The first-order chi connectivity index (χ1) is 6.11. The summed E-state index contributed by atoms with van der Waals surface area (Å²) in [6.07, 6.45) is 2.36. The second kappa shape index (κ2) is 4.23. The van der Waals surface area contributed by atoms with Crippen LogP contribution in [0.3, 0.4) is 0 Å². The van der Waals surface area contributed by atoms with Gasteiger partial charge in [0.05, 0.1) is 0 Å². The summed E-state index contributed by atoms with van der Waals surface area (Å²) < 4.78 is 0. The lowest BCUT2D eigenvalue weighted by molar-refractivity contribution is -0.140. The molecule has 0 aromatic heterocycles. The Morgan fingerprint density at radius 3 is 2.85 bits per heavy atom. The van der Waals surface area contributed by atoms with Gasteiger partial charge in [-0.05, 0) is 12.8 Å². The van der Waals surface area contributed by atoms with Gasteiger partial charge in [-0.25, -0.2) is 0 Å². The second-order valence-electron chi connectivity index (χ2n) is 3.24. The number of nitrogens with two attached hydrogens (primary N) is 1. The Morgan fingerprint density at radius 1 is 1.62 bits per heavy atom. The lowest BCUT2D eigenvalue weighted by Gasteiger charge is -2.27. The average Bonchev–Trinajstić information content (AvgIpc) is 2.08. The van der Waals surface area contributed by atoms with Gasteiger partial charge in [-0.15, -0.1) is 0 Å². The molecule has 1 aliphatic heterocycles. The van der Waals surface area contributed by atoms with Crippen LogP contribution in [0.25, 0.3) is 0 Å². The van der Waals surface area contributed by atoms with Crippen LogP contribution in [0.2, 0.25) is 0 Å². The van der Waals surface area contributed by atoms with Gasteiger partial charge in [0.1, 0.15) is 6.04 Å². The number of carboxylic acids is 1. The van der Waals surface area contributed by atoms with Crippen LogP contribution in [0.5, 0.6) is 0 Å². The van der Waals surface area contributed by atoms with Crippen LogP contribution in [0, 0.1) is 0 Å². The molecule has 0 radical (unpaired) electrons. The molecule has 13 heavy (non-hydrogen) atoms. The van der Waals surface area contributed by atoms with Crippen LogP contribution in [0.1, 0.15) is 19.3 Å². The number of carboxylic acid groups (broad SMARTS) is 1. The van der Waals surface area contributed by atoms with Crippen molar-refractivity contribution in [3.8, 4) is 0 Å². The fourth-order valence-electron chi connectivity index (χ4n) is 1.37. The van der Waals surface area contributed by atoms with E-state index in [2.05, 4.69) is 0 Å². The lowest BCUT2D eigenvalue weighted by Crippen LogP contribution is -2.46. The molecule has 1 fully saturated rings. The van der Waals surface area contributed by atoms with Gasteiger partial charge in [0.25, 0.3) is 0 Å². The van der Waals surface area contributed by atoms with Crippen LogP contribution in [-0.4, -0.2) is 41.0 Å². The Hall–Kier alpha value is -1.10. The first kappa shape index (κ1) is 9.98. The summed E-state index contributed by atoms with van der Waals surface area (Å²) in [4.78, 5) is 23.2. The topological polar surface area (TPSA) is 83.6 Å². The van der Waals surface area contributed by atoms with E-state index in [1.54, 1.807) is 0 Å². The predicted molar refractivity (Wildman–Crippen MR) is 46.0 cm³/mol. The van der Waals surface area contributed by atoms with E-state index in [4.69, 9.17) is 10.8 Å². The molecule has 3 N–H and O–H groups in total. The second-order valence-corrected chi connectivity index (χ2v) is 3.24. The fraction of sp³-hybridized carbons (Fsp3) is 0.750. The van der Waals surface area contributed by atoms with E-state index < -0.39 is 12.0 Å². The summed E-state index contributed by atoms with van der Waals surface area (Å²) in [6.45, 7) is 0.772. The Labute approximate surface area is 76.5 Å². The molecule has 0 aromatic carbocycles. The van der Waals surface area contributed by atoms with E-state index in [9.17, 15) is 9.59 Å². The number of nitrogens with zero attached hydrogens (tertiary/aromatic N) is 1. The number of aliphatic carboxylic acids is 1. The minimum absolute atomic E-state index is 0.0166. The third kappa shape index (κ3) is 2.69. The highest BCUT2D eigenvalue weighted by Crippen LogP contribution is 2.10. The first-order valence-electron chi connectivity index (χ1n) is 4.37. The van der Waals surface area contributed by atoms with E-state index in [1.165, 1.54) is 4.90 Å². The number of carbonyl (C=O) groups excluding carboxylic acids is 1. The number of piperidine rings is 1. The Bertz CT molecular complexity index is 217. The Morgan fingerprint density at radius 2 is 2.31 bits per heavy atom. The third-order valence-corrected chi connectivity index (χ3v) is 2.16. The predicted octanol–water partition coefficient (Wildman–Crippen LogP) is -0.589. The molecule has 0 bridgehead atoms. The van der Waals surface area contributed by atoms with Crippen molar-refractivity contribution in [2.75, 3.05) is 13.1 Å². The van der Waals surface area contributed by atoms with Crippen molar-refractivity contribution in [2.24, 2.45) is 5.73 Å². The summed E-state index contributed by atoms with van der Waals surface area (Å²) in [7, 11) is 0. The minimum Gasteiger partial charge on any atom is -0.480 e. The lowest BCUT2D eigenvalue weighted by atomic mass is 10.1. The molecule has 1 aliphatic rings. The van der Waals surface area contributed by atoms with E-state index in [1.807, 2.05) is 0 Å². The highest BCUT2D eigenvalue weighted by atomic mass is 16.4. The average molecular weight is 186 g/mol. The Kier molecular flexibility index (Phi) is 3.25. The molecule has 74 valence electrons. The van der Waals surface area contributed by atoms with Crippen molar-refractivity contribution >= 4 is 11.9 Å². The van der Waals surface area contributed by atoms with Gasteiger partial charge < -0.3 is 15.7 Å². The standard InChI is InChI=1S/C8H14N2O3/c9-6(8(12)13)5-10-4-2-1-3-7(10)11/h6H,1-5,9H2,(H,12,13). The summed E-state index contributed by atoms with van der Waals surface area (Å²) in [5.41, 5.74) is 5.32. The molecule has 1 amide bonds. The minimum atomic E-state index is -1.06. The molecule has 1 rings (SSSR count). The molecule has 0 aromatic rings. The molecule has 1 heterocycles. The maximum atomic E-state index is 11.2. The highest BCUT2D eigenvalue weighted by molar-refractivity contribution is 5.79. The van der Waals surface area contributed by atoms with E-state index in [0.29, 0.717) is 13.0 Å². The maximum Gasteiger partial charge on any atom is 0.322 e. The summed E-state index contributed by atoms with van der Waals surface area (Å²) >= 11 is 0. The van der Waals surface area contributed by atoms with Gasteiger partial charge >= 0.3 is 5.97 Å². The summed E-state index contributed by atoms with van der Waals surface area (Å²) in [5.74, 6) is -1.04. The van der Waals surface area contributed by atoms with Gasteiger partial charge in [-0.2, -0.15) is 0 Å². The molecule has 1 atom stereocenters. The van der Waals surface area contributed by atoms with Crippen LogP contribution >= 0.6 is 0 Å². The molecule has 0 spiro atoms. The third-order valence-electron chi connectivity index (χ3n) is 2.16. The van der Waals surface area contributed by atoms with Crippen LogP contribution in [0.4, 0.5) is 0 Å². The highest BCUT2D eigenvalue weighted by Gasteiger charge is 2.22. The zero-order valence-corrected chi connectivity index (χ0v) is 7.40. The van der Waals surface area contributed by atoms with Crippen molar-refractivity contribution in [1.29, 1.82) is 0 Å². The largest absolute Gasteiger partial charge is 0.480 e. The van der Waals surface area contributed by atoms with Crippen LogP contribution < -0.4 is 5.73 Å². The SMILES string of the molecule is NC(CN1CCCCC1=O)C(=O)O. The van der Waals surface area contributed by atoms with Crippen LogP contribution in [0.15, 0.2) is 0 Å². The van der Waals surface area contributed by atoms with E-state index >= 15 is 0 Å². The van der Waals surface area contributed by atoms with Gasteiger partial charge in [0, 0.05) is 19.5 Å². The summed E-state index contributed by atoms with van der Waals surface area (Å²) in [6, 6.07) is -0.956.